The van der Waals surface area contributed by atoms with Gasteiger partial charge in [0.2, 0.25) is 6.04 Å². The summed E-state index contributed by atoms with van der Waals surface area (Å²) in [6.07, 6.45) is 0.519. The third-order valence-corrected chi connectivity index (χ3v) is 10.9. The number of halogens is 6. The van der Waals surface area contributed by atoms with Gasteiger partial charge in [-0.05, 0) is 85.3 Å². The van der Waals surface area contributed by atoms with Gasteiger partial charge in [-0.15, -0.1) is 0 Å². The van der Waals surface area contributed by atoms with Gasteiger partial charge in [-0.2, -0.15) is 22.0 Å². The lowest BCUT2D eigenvalue weighted by atomic mass is 9.90. The van der Waals surface area contributed by atoms with E-state index in [1.165, 1.54) is 12.1 Å². The van der Waals surface area contributed by atoms with Crippen LogP contribution in [0.5, 0.6) is 5.75 Å². The van der Waals surface area contributed by atoms with E-state index in [2.05, 4.69) is 4.84 Å². The minimum absolute atomic E-state index is 0.0225. The Bertz CT molecular complexity index is 1520. The fourth-order valence-electron chi connectivity index (χ4n) is 6.68. The highest BCUT2D eigenvalue weighted by atomic mass is 35.5. The number of carbonyl (C=O) groups is 2. The largest absolute Gasteiger partial charge is 0.493 e. The Morgan fingerprint density at radius 1 is 0.915 bits per heavy atom. The van der Waals surface area contributed by atoms with Gasteiger partial charge < -0.3 is 20.2 Å². The molecule has 0 aromatic heterocycles. The molecule has 9 nitrogen and oxygen atoms in total. The topological polar surface area (TPSA) is 119 Å². The van der Waals surface area contributed by atoms with Crippen molar-refractivity contribution in [2.45, 2.75) is 98.9 Å². The van der Waals surface area contributed by atoms with E-state index >= 15 is 8.78 Å². The number of carbonyl (C=O) groups excluding carboxylic acids is 2. The van der Waals surface area contributed by atoms with Crippen molar-refractivity contribution in [1.29, 1.82) is 0 Å². The van der Waals surface area contributed by atoms with Crippen LogP contribution in [-0.2, 0) is 30.4 Å². The number of hydroxylamine groups is 1. The highest BCUT2D eigenvalue weighted by molar-refractivity contribution is 7.89. The maximum Gasteiger partial charge on any atom is 0.492 e. The van der Waals surface area contributed by atoms with Crippen LogP contribution in [0.15, 0.2) is 53.4 Å². The summed E-state index contributed by atoms with van der Waals surface area (Å²) < 4.78 is 107. The molecule has 1 amide bonds. The zero-order valence-electron chi connectivity index (χ0n) is 25.2. The van der Waals surface area contributed by atoms with Crippen LogP contribution in [0.25, 0.3) is 0 Å². The van der Waals surface area contributed by atoms with E-state index in [0.717, 1.165) is 73.4 Å². The summed E-state index contributed by atoms with van der Waals surface area (Å²) in [6, 6.07) is 2.97. The van der Waals surface area contributed by atoms with Crippen molar-refractivity contribution in [2.24, 2.45) is 11.7 Å². The van der Waals surface area contributed by atoms with Crippen molar-refractivity contribution < 1.29 is 49.5 Å². The second kappa shape index (κ2) is 13.8. The van der Waals surface area contributed by atoms with Crippen LogP contribution >= 0.6 is 11.6 Å². The molecule has 2 bridgehead atoms. The van der Waals surface area contributed by atoms with Crippen molar-refractivity contribution in [3.63, 3.8) is 0 Å². The van der Waals surface area contributed by atoms with Crippen molar-refractivity contribution in [3.8, 4) is 5.75 Å². The van der Waals surface area contributed by atoms with Crippen molar-refractivity contribution >= 4 is 33.5 Å². The summed E-state index contributed by atoms with van der Waals surface area (Å²) in [5.74, 6) is -8.64. The molecule has 2 aromatic carbocycles. The summed E-state index contributed by atoms with van der Waals surface area (Å²) in [6.45, 7) is 0.354. The van der Waals surface area contributed by atoms with Crippen molar-refractivity contribution in [1.82, 2.24) is 9.37 Å². The molecule has 47 heavy (non-hydrogen) atoms. The van der Waals surface area contributed by atoms with Gasteiger partial charge in [-0.1, -0.05) is 43.0 Å². The van der Waals surface area contributed by atoms with Crippen LogP contribution in [0.4, 0.5) is 22.0 Å². The molecule has 2 aliphatic heterocycles. The van der Waals surface area contributed by atoms with Crippen LogP contribution in [0.3, 0.4) is 0 Å². The summed E-state index contributed by atoms with van der Waals surface area (Å²) in [7, 11) is -5.56. The van der Waals surface area contributed by atoms with Crippen molar-refractivity contribution in [2.75, 3.05) is 6.61 Å². The molecule has 2 aromatic rings. The van der Waals surface area contributed by atoms with E-state index in [0.29, 0.717) is 25.4 Å². The Balaban J connectivity index is 1.56. The minimum atomic E-state index is -5.80. The SMILES string of the molecule is NC1CC2CCC(C1)N2C(=O)[C@@H](N(OC(=O)C(F)(F)F)S(=O)(=O)c1ccc(OCC2CCCCC2)cc1)C(F)(F)c1ccc(Cl)cc1. The number of amides is 1. The highest BCUT2D eigenvalue weighted by Crippen LogP contribution is 2.43. The van der Waals surface area contributed by atoms with Crippen molar-refractivity contribution in [3.05, 3.63) is 59.1 Å². The van der Waals surface area contributed by atoms with Gasteiger partial charge in [0.25, 0.3) is 15.9 Å². The molecule has 3 aliphatic rings. The third kappa shape index (κ3) is 7.68. The summed E-state index contributed by atoms with van der Waals surface area (Å²) in [5.41, 5.74) is 5.12. The van der Waals surface area contributed by atoms with Gasteiger partial charge in [0.15, 0.2) is 0 Å². The average Bonchev–Trinajstić information content (AvgIpc) is 3.30. The number of fused-ring (bicyclic) bond motifs is 2. The number of alkyl halides is 5. The molecule has 2 saturated heterocycles. The van der Waals surface area contributed by atoms with Gasteiger partial charge in [0, 0.05) is 28.7 Å². The van der Waals surface area contributed by atoms with Gasteiger partial charge in [-0.25, -0.2) is 13.2 Å². The van der Waals surface area contributed by atoms with E-state index < -0.39 is 67.1 Å². The average molecular weight is 708 g/mol. The Kier molecular flexibility index (Phi) is 10.4. The fourth-order valence-corrected chi connectivity index (χ4v) is 8.16. The number of hydrogen-bond donors (Lipinski definition) is 1. The van der Waals surface area contributed by atoms with Crippen LogP contribution in [0.2, 0.25) is 5.02 Å². The molecule has 2 N–H and O–H groups in total. The predicted molar refractivity (Wildman–Crippen MR) is 160 cm³/mol. The Labute approximate surface area is 274 Å². The first kappa shape index (κ1) is 35.3. The number of benzene rings is 2. The summed E-state index contributed by atoms with van der Waals surface area (Å²) in [5, 5.41) is 0.0225. The fraction of sp³-hybridized carbons (Fsp3) is 0.548. The van der Waals surface area contributed by atoms with E-state index in [9.17, 15) is 31.2 Å². The molecule has 3 atom stereocenters. The second-order valence-electron chi connectivity index (χ2n) is 12.3. The standard InChI is InChI=1S/C31H35ClF5N3O6S/c32-21-8-6-20(7-9-21)30(33,34)27(28(41)39-23-10-11-24(39)17-22(38)16-23)40(46-29(42)31(35,36)37)47(43,44)26-14-12-25(13-15-26)45-18-19-4-2-1-3-5-19/h6-9,12-15,19,22-24,27H,1-5,10-11,16-18,38H2/t22?,23?,24?,27-/m1/s1. The molecule has 0 radical (unpaired) electrons. The van der Waals surface area contributed by atoms with Gasteiger partial charge in [0.1, 0.15) is 5.75 Å². The highest BCUT2D eigenvalue weighted by Gasteiger charge is 2.60. The van der Waals surface area contributed by atoms with E-state index in [1.807, 2.05) is 0 Å². The third-order valence-electron chi connectivity index (χ3n) is 9.01. The molecule has 1 aliphatic carbocycles. The first-order chi connectivity index (χ1) is 22.1. The number of nitrogens with zero attached hydrogens (tertiary/aromatic N) is 2. The summed E-state index contributed by atoms with van der Waals surface area (Å²) >= 11 is 5.86. The smallest absolute Gasteiger partial charge is 0.492 e. The zero-order valence-corrected chi connectivity index (χ0v) is 26.7. The Hall–Kier alpha value is -3.01. The van der Waals surface area contributed by atoms with Gasteiger partial charge in [0.05, 0.1) is 11.5 Å². The number of hydrogen-bond acceptors (Lipinski definition) is 7. The normalized spacial score (nSPS) is 23.1. The monoisotopic (exact) mass is 707 g/mol. The summed E-state index contributed by atoms with van der Waals surface area (Å²) in [4.78, 5) is 30.8. The molecule has 3 fully saturated rings. The van der Waals surface area contributed by atoms with E-state index in [1.54, 1.807) is 0 Å². The molecule has 1 saturated carbocycles. The van der Waals surface area contributed by atoms with E-state index in [4.69, 9.17) is 22.1 Å². The maximum atomic E-state index is 16.6. The van der Waals surface area contributed by atoms with E-state index in [-0.39, 0.29) is 29.7 Å². The lowest BCUT2D eigenvalue weighted by molar-refractivity contribution is -0.240. The molecule has 16 heteroatoms. The molecule has 258 valence electrons. The number of sulfonamides is 1. The number of piperidine rings is 1. The number of ether oxygens (including phenoxy) is 1. The quantitative estimate of drug-likeness (QED) is 0.240. The molecule has 2 heterocycles. The lowest BCUT2D eigenvalue weighted by Crippen LogP contribution is -2.62. The second-order valence-corrected chi connectivity index (χ2v) is 14.5. The molecular formula is C31H35ClF5N3O6S. The first-order valence-electron chi connectivity index (χ1n) is 15.4. The molecule has 2 unspecified atom stereocenters. The lowest BCUT2D eigenvalue weighted by Gasteiger charge is -2.42. The van der Waals surface area contributed by atoms with Gasteiger partial charge >= 0.3 is 18.1 Å². The maximum absolute atomic E-state index is 16.6. The Morgan fingerprint density at radius 2 is 1.49 bits per heavy atom. The van der Waals surface area contributed by atoms with Crippen LogP contribution in [-0.4, -0.2) is 66.6 Å². The molecule has 5 rings (SSSR count). The minimum Gasteiger partial charge on any atom is -0.493 e. The zero-order chi connectivity index (χ0) is 34.1. The molecular weight excluding hydrogens is 673 g/mol. The first-order valence-corrected chi connectivity index (χ1v) is 17.2. The van der Waals surface area contributed by atoms with Gasteiger partial charge in [-0.3, -0.25) is 4.79 Å². The van der Waals surface area contributed by atoms with Crippen LogP contribution in [0.1, 0.15) is 63.4 Å². The Morgan fingerprint density at radius 3 is 2.04 bits per heavy atom. The molecule has 0 spiro atoms. The number of nitrogens with two attached hydrogens (primary N) is 1. The predicted octanol–water partition coefficient (Wildman–Crippen LogP) is 5.95. The van der Waals surface area contributed by atoms with Crippen LogP contribution in [0, 0.1) is 5.92 Å². The number of rotatable bonds is 10. The van der Waals surface area contributed by atoms with Crippen LogP contribution < -0.4 is 10.5 Å².